The Balaban J connectivity index is 1.78. The molecule has 1 heterocycles. The van der Waals surface area contributed by atoms with Gasteiger partial charge in [0.2, 0.25) is 5.91 Å². The van der Waals surface area contributed by atoms with Crippen LogP contribution in [0.4, 0.5) is 5.69 Å². The standard InChI is InChI=1S/C18H22N2O5/c1-12-16(22)20(13-7-3-4-8-14(13)25-12)11-15(21)19-18(17(23)24)9-5-2-6-10-18/h3-4,7-8,12H,2,5-6,9-11H2,1H3,(H,19,21)(H,23,24). The van der Waals surface area contributed by atoms with Crippen molar-refractivity contribution in [3.05, 3.63) is 24.3 Å². The van der Waals surface area contributed by atoms with Crippen molar-refractivity contribution in [2.24, 2.45) is 0 Å². The molecular formula is C18H22N2O5. The Bertz CT molecular complexity index is 696. The second-order valence-electron chi connectivity index (χ2n) is 6.65. The topological polar surface area (TPSA) is 95.9 Å². The maximum absolute atomic E-state index is 12.5. The summed E-state index contributed by atoms with van der Waals surface area (Å²) in [5.74, 6) is -1.26. The van der Waals surface area contributed by atoms with Crippen LogP contribution in [-0.4, -0.2) is 41.1 Å². The molecule has 134 valence electrons. The molecule has 25 heavy (non-hydrogen) atoms. The van der Waals surface area contributed by atoms with Gasteiger partial charge >= 0.3 is 5.97 Å². The molecule has 0 aromatic heterocycles. The van der Waals surface area contributed by atoms with E-state index in [1.807, 2.05) is 0 Å². The SMILES string of the molecule is CC1Oc2ccccc2N(CC(=O)NC2(C(=O)O)CCCCC2)C1=O. The number of carboxylic acid groups (broad SMARTS) is 1. The van der Waals surface area contributed by atoms with Gasteiger partial charge in [-0.3, -0.25) is 14.5 Å². The zero-order valence-electron chi connectivity index (χ0n) is 14.2. The first-order chi connectivity index (χ1) is 11.9. The third-order valence-electron chi connectivity index (χ3n) is 4.87. The summed E-state index contributed by atoms with van der Waals surface area (Å²) in [4.78, 5) is 38.0. The third kappa shape index (κ3) is 3.31. The van der Waals surface area contributed by atoms with Crippen molar-refractivity contribution in [2.75, 3.05) is 11.4 Å². The van der Waals surface area contributed by atoms with Crippen molar-refractivity contribution in [1.82, 2.24) is 5.32 Å². The van der Waals surface area contributed by atoms with Crippen molar-refractivity contribution in [3.63, 3.8) is 0 Å². The average molecular weight is 346 g/mol. The van der Waals surface area contributed by atoms with Crippen LogP contribution in [0.25, 0.3) is 0 Å². The summed E-state index contributed by atoms with van der Waals surface area (Å²) in [6.07, 6.45) is 2.64. The number of para-hydroxylation sites is 2. The summed E-state index contributed by atoms with van der Waals surface area (Å²) >= 11 is 0. The number of amides is 2. The number of ether oxygens (including phenoxy) is 1. The van der Waals surface area contributed by atoms with E-state index in [1.165, 1.54) is 4.90 Å². The largest absolute Gasteiger partial charge is 0.480 e. The monoisotopic (exact) mass is 346 g/mol. The third-order valence-corrected chi connectivity index (χ3v) is 4.87. The number of carbonyl (C=O) groups is 3. The van der Waals surface area contributed by atoms with Gasteiger partial charge in [0, 0.05) is 0 Å². The molecule has 7 heteroatoms. The summed E-state index contributed by atoms with van der Waals surface area (Å²) in [6.45, 7) is 1.40. The molecule has 0 radical (unpaired) electrons. The van der Waals surface area contributed by atoms with Crippen LogP contribution in [0.5, 0.6) is 5.75 Å². The molecular weight excluding hydrogens is 324 g/mol. The molecule has 2 aliphatic rings. The number of carbonyl (C=O) groups excluding carboxylic acids is 2. The molecule has 1 aromatic carbocycles. The summed E-state index contributed by atoms with van der Waals surface area (Å²) in [5.41, 5.74) is -0.704. The summed E-state index contributed by atoms with van der Waals surface area (Å²) in [5, 5.41) is 12.3. The van der Waals surface area contributed by atoms with Gasteiger partial charge in [-0.05, 0) is 31.9 Å². The minimum absolute atomic E-state index is 0.224. The van der Waals surface area contributed by atoms with E-state index < -0.39 is 23.5 Å². The number of aliphatic carboxylic acids is 1. The number of anilines is 1. The highest BCUT2D eigenvalue weighted by molar-refractivity contribution is 6.04. The lowest BCUT2D eigenvalue weighted by atomic mass is 9.81. The van der Waals surface area contributed by atoms with Gasteiger partial charge in [0.15, 0.2) is 6.10 Å². The molecule has 7 nitrogen and oxygen atoms in total. The highest BCUT2D eigenvalue weighted by Crippen LogP contribution is 2.34. The van der Waals surface area contributed by atoms with Crippen LogP contribution in [-0.2, 0) is 14.4 Å². The Hall–Kier alpha value is -2.57. The number of fused-ring (bicyclic) bond motifs is 1. The lowest BCUT2D eigenvalue weighted by Crippen LogP contribution is -2.58. The highest BCUT2D eigenvalue weighted by atomic mass is 16.5. The Labute approximate surface area is 146 Å². The van der Waals surface area contributed by atoms with Gasteiger partial charge in [-0.2, -0.15) is 0 Å². The number of rotatable bonds is 4. The van der Waals surface area contributed by atoms with Crippen LogP contribution >= 0.6 is 0 Å². The zero-order chi connectivity index (χ0) is 18.0. The molecule has 1 atom stereocenters. The quantitative estimate of drug-likeness (QED) is 0.865. The Morgan fingerprint density at radius 3 is 2.64 bits per heavy atom. The molecule has 1 aliphatic heterocycles. The average Bonchev–Trinajstić information content (AvgIpc) is 2.59. The molecule has 2 amide bonds. The first kappa shape index (κ1) is 17.3. The minimum Gasteiger partial charge on any atom is -0.480 e. The lowest BCUT2D eigenvalue weighted by molar-refractivity contribution is -0.149. The maximum Gasteiger partial charge on any atom is 0.329 e. The number of carboxylic acids is 1. The van der Waals surface area contributed by atoms with Crippen LogP contribution in [0.3, 0.4) is 0 Å². The molecule has 1 saturated carbocycles. The van der Waals surface area contributed by atoms with Crippen molar-refractivity contribution < 1.29 is 24.2 Å². The summed E-state index contributed by atoms with van der Waals surface area (Å²) < 4.78 is 5.55. The van der Waals surface area contributed by atoms with E-state index in [-0.39, 0.29) is 12.5 Å². The minimum atomic E-state index is -1.23. The molecule has 1 fully saturated rings. The van der Waals surface area contributed by atoms with E-state index in [0.717, 1.165) is 19.3 Å². The van der Waals surface area contributed by atoms with Gasteiger partial charge in [0.1, 0.15) is 17.8 Å². The first-order valence-electron chi connectivity index (χ1n) is 8.54. The van der Waals surface area contributed by atoms with Crippen LogP contribution in [0, 0.1) is 0 Å². The van der Waals surface area contributed by atoms with Crippen LogP contribution < -0.4 is 15.0 Å². The molecule has 2 N–H and O–H groups in total. The highest BCUT2D eigenvalue weighted by Gasteiger charge is 2.42. The smallest absolute Gasteiger partial charge is 0.329 e. The van der Waals surface area contributed by atoms with E-state index in [0.29, 0.717) is 24.3 Å². The number of hydrogen-bond acceptors (Lipinski definition) is 4. The normalized spacial score (nSPS) is 21.9. The fourth-order valence-corrected chi connectivity index (χ4v) is 3.52. The van der Waals surface area contributed by atoms with Gasteiger partial charge in [-0.25, -0.2) is 4.79 Å². The van der Waals surface area contributed by atoms with Crippen LogP contribution in [0.15, 0.2) is 24.3 Å². The van der Waals surface area contributed by atoms with Gasteiger partial charge < -0.3 is 15.2 Å². The first-order valence-corrected chi connectivity index (χ1v) is 8.54. The van der Waals surface area contributed by atoms with E-state index in [4.69, 9.17) is 4.74 Å². The second kappa shape index (κ2) is 6.74. The van der Waals surface area contributed by atoms with Crippen LogP contribution in [0.1, 0.15) is 39.0 Å². The molecule has 0 spiro atoms. The number of hydrogen-bond donors (Lipinski definition) is 2. The molecule has 1 aliphatic carbocycles. The number of benzene rings is 1. The van der Waals surface area contributed by atoms with Gasteiger partial charge in [-0.1, -0.05) is 31.4 Å². The zero-order valence-corrected chi connectivity index (χ0v) is 14.2. The Morgan fingerprint density at radius 1 is 1.28 bits per heavy atom. The van der Waals surface area contributed by atoms with E-state index in [9.17, 15) is 19.5 Å². The van der Waals surface area contributed by atoms with E-state index in [1.54, 1.807) is 31.2 Å². The van der Waals surface area contributed by atoms with Gasteiger partial charge in [0.05, 0.1) is 5.69 Å². The molecule has 0 saturated heterocycles. The molecule has 0 bridgehead atoms. The maximum atomic E-state index is 12.5. The fourth-order valence-electron chi connectivity index (χ4n) is 3.52. The van der Waals surface area contributed by atoms with E-state index in [2.05, 4.69) is 5.32 Å². The Morgan fingerprint density at radius 2 is 1.96 bits per heavy atom. The molecule has 1 unspecified atom stereocenters. The summed E-state index contributed by atoms with van der Waals surface area (Å²) in [6, 6.07) is 7.00. The molecule has 3 rings (SSSR count). The predicted octanol–water partition coefficient (Wildman–Crippen LogP) is 1.70. The van der Waals surface area contributed by atoms with E-state index >= 15 is 0 Å². The van der Waals surface area contributed by atoms with Crippen molar-refractivity contribution in [1.29, 1.82) is 0 Å². The van der Waals surface area contributed by atoms with Crippen molar-refractivity contribution >= 4 is 23.5 Å². The lowest BCUT2D eigenvalue weighted by Gasteiger charge is -2.36. The summed E-state index contributed by atoms with van der Waals surface area (Å²) in [7, 11) is 0. The predicted molar refractivity (Wildman–Crippen MR) is 90.5 cm³/mol. The number of nitrogens with one attached hydrogen (secondary N) is 1. The van der Waals surface area contributed by atoms with Crippen molar-refractivity contribution in [3.8, 4) is 5.75 Å². The second-order valence-corrected chi connectivity index (χ2v) is 6.65. The Kier molecular flexibility index (Phi) is 4.65. The van der Waals surface area contributed by atoms with Crippen molar-refractivity contribution in [2.45, 2.75) is 50.7 Å². The van der Waals surface area contributed by atoms with Crippen LogP contribution in [0.2, 0.25) is 0 Å². The molecule has 1 aromatic rings. The van der Waals surface area contributed by atoms with Gasteiger partial charge in [-0.15, -0.1) is 0 Å². The number of nitrogens with zero attached hydrogens (tertiary/aromatic N) is 1. The van der Waals surface area contributed by atoms with Gasteiger partial charge in [0.25, 0.3) is 5.91 Å². The fraction of sp³-hybridized carbons (Fsp3) is 0.500.